The molecular weight excluding hydrogens is 99.1 g/mol. The minimum absolute atomic E-state index is 0.806. The average molecular weight is 108 g/mol. The lowest BCUT2D eigenvalue weighted by Crippen LogP contribution is -1.60. The third-order valence-electron chi connectivity index (χ3n) is 0. The van der Waals surface area contributed by atoms with E-state index in [0.717, 1.165) is 0 Å². The third kappa shape index (κ3) is 77.3. The zero-order valence-corrected chi connectivity index (χ0v) is 5.57. The van der Waals surface area contributed by atoms with Crippen LogP contribution in [0.5, 0.6) is 0 Å². The SMILES string of the molecule is CP(C)(C)=S. The molecule has 0 heterocycles. The van der Waals surface area contributed by atoms with Crippen LogP contribution in [0.15, 0.2) is 0 Å². The minimum Gasteiger partial charge on any atom is -0.0983 e. The summed E-state index contributed by atoms with van der Waals surface area (Å²) in [6.07, 6.45) is 0. The summed E-state index contributed by atoms with van der Waals surface area (Å²) in [5, 5.41) is 0. The second-order valence-corrected chi connectivity index (χ2v) is 8.95. The first-order chi connectivity index (χ1) is 2.00. The second kappa shape index (κ2) is 1.40. The van der Waals surface area contributed by atoms with Crippen molar-refractivity contribution in [3.63, 3.8) is 0 Å². The predicted octanol–water partition coefficient (Wildman–Crippen LogP) is 1.36. The van der Waals surface area contributed by atoms with Crippen LogP contribution in [-0.2, 0) is 11.8 Å². The smallest absolute Gasteiger partial charge is 0.0358 e. The summed E-state index contributed by atoms with van der Waals surface area (Å²) in [5.41, 5.74) is 0. The van der Waals surface area contributed by atoms with Gasteiger partial charge in [-0.05, 0) is 20.0 Å². The van der Waals surface area contributed by atoms with Crippen molar-refractivity contribution in [2.75, 3.05) is 20.0 Å². The highest BCUT2D eigenvalue weighted by molar-refractivity contribution is 8.13. The molecule has 0 aliphatic carbocycles. The molecule has 0 unspecified atom stereocenters. The molecule has 0 aliphatic rings. The molecule has 0 atom stereocenters. The van der Waals surface area contributed by atoms with E-state index in [1.165, 1.54) is 0 Å². The van der Waals surface area contributed by atoms with Gasteiger partial charge in [0.25, 0.3) is 0 Å². The van der Waals surface area contributed by atoms with Crippen LogP contribution in [0, 0.1) is 0 Å². The van der Waals surface area contributed by atoms with Crippen molar-refractivity contribution in [2.45, 2.75) is 0 Å². The first-order valence-corrected chi connectivity index (χ1v) is 5.67. The molecule has 0 bridgehead atoms. The van der Waals surface area contributed by atoms with Crippen LogP contribution >= 0.6 is 6.04 Å². The van der Waals surface area contributed by atoms with Gasteiger partial charge in [-0.1, -0.05) is 17.8 Å². The summed E-state index contributed by atoms with van der Waals surface area (Å²) in [4.78, 5) is 0. The highest BCUT2D eigenvalue weighted by Crippen LogP contribution is 2.29. The van der Waals surface area contributed by atoms with E-state index in [1.54, 1.807) is 0 Å². The maximum absolute atomic E-state index is 4.94. The monoisotopic (exact) mass is 108 g/mol. The van der Waals surface area contributed by atoms with Gasteiger partial charge in [-0.25, -0.2) is 0 Å². The molecule has 0 aromatic heterocycles. The molecule has 0 fully saturated rings. The van der Waals surface area contributed by atoms with Crippen LogP contribution in [-0.4, -0.2) is 20.0 Å². The summed E-state index contributed by atoms with van der Waals surface area (Å²) in [6, 6.07) is -0.806. The number of hydrogen-bond donors (Lipinski definition) is 0. The van der Waals surface area contributed by atoms with E-state index in [0.29, 0.717) is 0 Å². The molecule has 0 spiro atoms. The highest BCUT2D eigenvalue weighted by atomic mass is 32.4. The van der Waals surface area contributed by atoms with E-state index >= 15 is 0 Å². The van der Waals surface area contributed by atoms with Crippen LogP contribution in [0.4, 0.5) is 0 Å². The zero-order chi connectivity index (χ0) is 4.50. The lowest BCUT2D eigenvalue weighted by atomic mass is 11.9. The van der Waals surface area contributed by atoms with Gasteiger partial charge < -0.3 is 0 Å². The van der Waals surface area contributed by atoms with Gasteiger partial charge in [0.15, 0.2) is 0 Å². The van der Waals surface area contributed by atoms with Gasteiger partial charge >= 0.3 is 0 Å². The molecular formula is C3H9PS. The fourth-order valence-electron chi connectivity index (χ4n) is 0. The first-order valence-electron chi connectivity index (χ1n) is 1.52. The minimum atomic E-state index is -0.806. The molecule has 0 N–H and O–H groups in total. The third-order valence-corrected chi connectivity index (χ3v) is 0. The average Bonchev–Trinajstić information content (AvgIpc) is 0.722. The normalized spacial score (nSPS) is 11.8. The van der Waals surface area contributed by atoms with Gasteiger partial charge in [0, 0.05) is 0 Å². The van der Waals surface area contributed by atoms with Crippen LogP contribution in [0.3, 0.4) is 0 Å². The Hall–Kier alpha value is 0.650. The van der Waals surface area contributed by atoms with E-state index in [9.17, 15) is 0 Å². The predicted molar refractivity (Wildman–Crippen MR) is 32.1 cm³/mol. The van der Waals surface area contributed by atoms with Crippen LogP contribution in [0.1, 0.15) is 0 Å². The van der Waals surface area contributed by atoms with Gasteiger partial charge in [0.1, 0.15) is 0 Å². The van der Waals surface area contributed by atoms with Gasteiger partial charge in [0.2, 0.25) is 0 Å². The Kier molecular flexibility index (Phi) is 1.58. The molecule has 0 aliphatic heterocycles. The Morgan fingerprint density at radius 1 is 1.20 bits per heavy atom. The lowest BCUT2D eigenvalue weighted by Gasteiger charge is -1.92. The fourth-order valence-corrected chi connectivity index (χ4v) is 0. The van der Waals surface area contributed by atoms with Gasteiger partial charge in [-0.2, -0.15) is 0 Å². The second-order valence-electron chi connectivity index (χ2n) is 1.89. The van der Waals surface area contributed by atoms with Crippen molar-refractivity contribution in [1.29, 1.82) is 0 Å². The first kappa shape index (κ1) is 5.65. The molecule has 0 saturated carbocycles. The summed E-state index contributed by atoms with van der Waals surface area (Å²) in [6.45, 7) is 6.34. The van der Waals surface area contributed by atoms with Crippen LogP contribution in [0.2, 0.25) is 0 Å². The van der Waals surface area contributed by atoms with E-state index in [4.69, 9.17) is 11.8 Å². The Balaban J connectivity index is 3.47. The summed E-state index contributed by atoms with van der Waals surface area (Å²) < 4.78 is 0. The van der Waals surface area contributed by atoms with Crippen molar-refractivity contribution >= 4 is 17.8 Å². The van der Waals surface area contributed by atoms with E-state index in [1.807, 2.05) is 0 Å². The summed E-state index contributed by atoms with van der Waals surface area (Å²) in [5.74, 6) is 0. The topological polar surface area (TPSA) is 0 Å². The Morgan fingerprint density at radius 2 is 1.20 bits per heavy atom. The summed E-state index contributed by atoms with van der Waals surface area (Å²) in [7, 11) is 0. The van der Waals surface area contributed by atoms with Crippen molar-refractivity contribution in [3.05, 3.63) is 0 Å². The lowest BCUT2D eigenvalue weighted by molar-refractivity contribution is 2.12. The van der Waals surface area contributed by atoms with Crippen molar-refractivity contribution < 1.29 is 0 Å². The molecule has 0 nitrogen and oxygen atoms in total. The van der Waals surface area contributed by atoms with Gasteiger partial charge in [-0.15, -0.1) is 0 Å². The number of hydrogen-bond acceptors (Lipinski definition) is 1. The Bertz CT molecular complexity index is 53.0. The maximum atomic E-state index is 4.94. The van der Waals surface area contributed by atoms with Crippen LogP contribution in [0.25, 0.3) is 0 Å². The Labute approximate surface area is 38.6 Å². The molecule has 5 heavy (non-hydrogen) atoms. The molecule has 0 radical (unpaired) electrons. The fraction of sp³-hybridized carbons (Fsp3) is 1.00. The zero-order valence-electron chi connectivity index (χ0n) is 3.86. The van der Waals surface area contributed by atoms with Crippen LogP contribution < -0.4 is 0 Å². The highest BCUT2D eigenvalue weighted by Gasteiger charge is 1.82. The van der Waals surface area contributed by atoms with E-state index in [-0.39, 0.29) is 0 Å². The molecule has 0 aromatic rings. The van der Waals surface area contributed by atoms with E-state index in [2.05, 4.69) is 20.0 Å². The van der Waals surface area contributed by atoms with Crippen molar-refractivity contribution in [1.82, 2.24) is 0 Å². The van der Waals surface area contributed by atoms with Gasteiger partial charge in [0.05, 0.1) is 0 Å². The number of rotatable bonds is 0. The van der Waals surface area contributed by atoms with Crippen molar-refractivity contribution in [2.24, 2.45) is 0 Å². The van der Waals surface area contributed by atoms with E-state index < -0.39 is 6.04 Å². The molecule has 2 heteroatoms. The molecule has 0 saturated heterocycles. The summed E-state index contributed by atoms with van der Waals surface area (Å²) >= 11 is 4.94. The standard InChI is InChI=1S/C3H9PS/c1-4(2,3)5/h1-3H3. The van der Waals surface area contributed by atoms with Gasteiger partial charge in [-0.3, -0.25) is 0 Å². The molecule has 0 aromatic carbocycles. The largest absolute Gasteiger partial charge is 0.0983 e. The quantitative estimate of drug-likeness (QED) is 0.422. The Morgan fingerprint density at radius 3 is 1.20 bits per heavy atom. The molecule has 0 amide bonds. The maximum Gasteiger partial charge on any atom is -0.0358 e. The molecule has 32 valence electrons. The van der Waals surface area contributed by atoms with Crippen molar-refractivity contribution in [3.8, 4) is 0 Å². The molecule has 0 rings (SSSR count).